The summed E-state index contributed by atoms with van der Waals surface area (Å²) in [5, 5.41) is 1.68. The summed E-state index contributed by atoms with van der Waals surface area (Å²) < 4.78 is 0. The minimum absolute atomic E-state index is 0.799. The van der Waals surface area contributed by atoms with Gasteiger partial charge in [-0.05, 0) is 18.6 Å². The van der Waals surface area contributed by atoms with E-state index in [0.717, 1.165) is 18.7 Å². The van der Waals surface area contributed by atoms with E-state index in [1.807, 2.05) is 30.3 Å². The second kappa shape index (κ2) is 4.40. The van der Waals surface area contributed by atoms with Crippen LogP contribution in [0.15, 0.2) is 30.3 Å². The van der Waals surface area contributed by atoms with E-state index in [1.54, 1.807) is 5.01 Å². The molecular formula is C10H12N2. The van der Waals surface area contributed by atoms with Gasteiger partial charge in [0.15, 0.2) is 0 Å². The first kappa shape index (κ1) is 8.61. The second-order valence-corrected chi connectivity index (χ2v) is 2.56. The number of hydrogen-bond acceptors (Lipinski definition) is 1. The Hall–Kier alpha value is -1.49. The van der Waals surface area contributed by atoms with Crippen molar-refractivity contribution in [2.45, 2.75) is 13.3 Å². The van der Waals surface area contributed by atoms with Crippen molar-refractivity contribution in [2.75, 3.05) is 11.6 Å². The lowest BCUT2D eigenvalue weighted by Crippen LogP contribution is -2.13. The van der Waals surface area contributed by atoms with Crippen LogP contribution < -0.4 is 5.01 Å². The summed E-state index contributed by atoms with van der Waals surface area (Å²) >= 11 is 0. The van der Waals surface area contributed by atoms with Crippen LogP contribution in [0, 0.1) is 6.57 Å². The van der Waals surface area contributed by atoms with Gasteiger partial charge in [-0.1, -0.05) is 30.1 Å². The Kier molecular flexibility index (Phi) is 3.16. The van der Waals surface area contributed by atoms with E-state index in [2.05, 4.69) is 11.9 Å². The van der Waals surface area contributed by atoms with E-state index in [4.69, 9.17) is 6.57 Å². The topological polar surface area (TPSA) is 7.60 Å². The van der Waals surface area contributed by atoms with Gasteiger partial charge in [-0.3, -0.25) is 0 Å². The predicted octanol–water partition coefficient (Wildman–Crippen LogP) is 2.74. The molecule has 1 aromatic carbocycles. The zero-order chi connectivity index (χ0) is 8.81. The largest absolute Gasteiger partial charge is 0.184 e. The maximum atomic E-state index is 6.95. The van der Waals surface area contributed by atoms with Crippen molar-refractivity contribution in [2.24, 2.45) is 0 Å². The molecule has 0 aliphatic heterocycles. The highest BCUT2D eigenvalue weighted by Gasteiger charge is 2.06. The Bertz CT molecular complexity index is 261. The number of anilines is 1. The second-order valence-electron chi connectivity index (χ2n) is 2.56. The number of benzene rings is 1. The summed E-state index contributed by atoms with van der Waals surface area (Å²) in [7, 11) is 0. The Balaban J connectivity index is 2.75. The van der Waals surface area contributed by atoms with Crippen LogP contribution in [0.1, 0.15) is 13.3 Å². The number of rotatable bonds is 3. The van der Waals surface area contributed by atoms with Crippen LogP contribution in [0.4, 0.5) is 5.69 Å². The van der Waals surface area contributed by atoms with Crippen molar-refractivity contribution in [1.29, 1.82) is 0 Å². The zero-order valence-electron chi connectivity index (χ0n) is 7.20. The summed E-state index contributed by atoms with van der Waals surface area (Å²) in [5.41, 5.74) is 0.981. The van der Waals surface area contributed by atoms with Crippen LogP contribution in [0.2, 0.25) is 0 Å². The quantitative estimate of drug-likeness (QED) is 0.487. The molecule has 0 atom stereocenters. The lowest BCUT2D eigenvalue weighted by Gasteiger charge is -2.07. The summed E-state index contributed by atoms with van der Waals surface area (Å²) in [6.07, 6.45) is 0.997. The highest BCUT2D eigenvalue weighted by Crippen LogP contribution is 2.13. The summed E-state index contributed by atoms with van der Waals surface area (Å²) in [5.74, 6) is 0. The molecule has 1 rings (SSSR count). The minimum atomic E-state index is 0.799. The molecule has 2 nitrogen and oxygen atoms in total. The average molecular weight is 160 g/mol. The Morgan fingerprint density at radius 1 is 1.33 bits per heavy atom. The molecule has 0 spiro atoms. The van der Waals surface area contributed by atoms with Crippen LogP contribution in [0.3, 0.4) is 0 Å². The van der Waals surface area contributed by atoms with Crippen molar-refractivity contribution in [3.63, 3.8) is 0 Å². The highest BCUT2D eigenvalue weighted by atomic mass is 15.4. The van der Waals surface area contributed by atoms with Crippen molar-refractivity contribution in [1.82, 2.24) is 0 Å². The fraction of sp³-hybridized carbons (Fsp3) is 0.300. The number of hydrogen-bond donors (Lipinski definition) is 0. The molecule has 0 saturated heterocycles. The van der Waals surface area contributed by atoms with Gasteiger partial charge in [0.05, 0.1) is 6.54 Å². The van der Waals surface area contributed by atoms with Crippen LogP contribution in [-0.2, 0) is 0 Å². The van der Waals surface area contributed by atoms with Crippen LogP contribution in [0.5, 0.6) is 0 Å². The smallest absolute Gasteiger partial charge is 0.113 e. The Morgan fingerprint density at radius 3 is 2.50 bits per heavy atom. The fourth-order valence-electron chi connectivity index (χ4n) is 1.05. The van der Waals surface area contributed by atoms with Gasteiger partial charge in [-0.15, -0.1) is 0 Å². The predicted molar refractivity (Wildman–Crippen MR) is 50.7 cm³/mol. The Labute approximate surface area is 73.2 Å². The van der Waals surface area contributed by atoms with E-state index in [-0.39, 0.29) is 0 Å². The monoisotopic (exact) mass is 160 g/mol. The van der Waals surface area contributed by atoms with Gasteiger partial charge in [-0.2, -0.15) is 11.5 Å². The molecular weight excluding hydrogens is 148 g/mol. The van der Waals surface area contributed by atoms with E-state index < -0.39 is 0 Å². The summed E-state index contributed by atoms with van der Waals surface area (Å²) in [4.78, 5) is 3.43. The van der Waals surface area contributed by atoms with Crippen molar-refractivity contribution in [3.05, 3.63) is 41.9 Å². The molecule has 0 saturated carbocycles. The summed E-state index contributed by atoms with van der Waals surface area (Å²) in [6.45, 7) is 9.82. The minimum Gasteiger partial charge on any atom is -0.184 e. The van der Waals surface area contributed by atoms with Gasteiger partial charge >= 0.3 is 0 Å². The molecule has 1 aromatic rings. The maximum Gasteiger partial charge on any atom is 0.113 e. The van der Waals surface area contributed by atoms with Crippen LogP contribution >= 0.6 is 0 Å². The van der Waals surface area contributed by atoms with Crippen molar-refractivity contribution < 1.29 is 0 Å². The van der Waals surface area contributed by atoms with Gasteiger partial charge in [0.2, 0.25) is 0 Å². The number of para-hydroxylation sites is 1. The first-order chi connectivity index (χ1) is 5.88. The lowest BCUT2D eigenvalue weighted by molar-refractivity contribution is 0.877. The van der Waals surface area contributed by atoms with Gasteiger partial charge < -0.3 is 0 Å². The zero-order valence-corrected chi connectivity index (χ0v) is 7.20. The van der Waals surface area contributed by atoms with Crippen LogP contribution in [0.25, 0.3) is 4.95 Å². The standard InChI is InChI=1S/C10H12N2/c1-3-9-12(11-2)10-7-5-4-6-8-10/h4-8H,3,9H2,1H3. The molecule has 12 heavy (non-hydrogen) atoms. The lowest BCUT2D eigenvalue weighted by atomic mass is 10.3. The highest BCUT2D eigenvalue weighted by molar-refractivity contribution is 5.46. The average Bonchev–Trinajstić information content (AvgIpc) is 2.15. The van der Waals surface area contributed by atoms with E-state index in [9.17, 15) is 0 Å². The molecule has 0 amide bonds. The van der Waals surface area contributed by atoms with E-state index in [0.29, 0.717) is 0 Å². The van der Waals surface area contributed by atoms with E-state index in [1.165, 1.54) is 0 Å². The van der Waals surface area contributed by atoms with Gasteiger partial charge in [0.25, 0.3) is 0 Å². The van der Waals surface area contributed by atoms with Crippen molar-refractivity contribution in [3.8, 4) is 0 Å². The molecule has 0 radical (unpaired) electrons. The third-order valence-corrected chi connectivity index (χ3v) is 1.61. The molecule has 0 aliphatic carbocycles. The molecule has 0 heterocycles. The molecule has 0 aliphatic rings. The molecule has 62 valence electrons. The third kappa shape index (κ3) is 2.00. The molecule has 0 N–H and O–H groups in total. The van der Waals surface area contributed by atoms with E-state index >= 15 is 0 Å². The number of nitrogens with zero attached hydrogens (tertiary/aromatic N) is 2. The molecule has 2 heteroatoms. The third-order valence-electron chi connectivity index (χ3n) is 1.61. The normalized spacial score (nSPS) is 9.00. The maximum absolute atomic E-state index is 6.95. The van der Waals surface area contributed by atoms with Crippen LogP contribution in [-0.4, -0.2) is 6.54 Å². The van der Waals surface area contributed by atoms with Crippen molar-refractivity contribution >= 4 is 5.69 Å². The molecule has 0 bridgehead atoms. The van der Waals surface area contributed by atoms with Gasteiger partial charge in [-0.25, -0.2) is 0 Å². The van der Waals surface area contributed by atoms with Gasteiger partial charge in [0, 0.05) is 0 Å². The molecule has 0 fully saturated rings. The first-order valence-corrected chi connectivity index (χ1v) is 4.08. The summed E-state index contributed by atoms with van der Waals surface area (Å²) in [6, 6.07) is 9.76. The van der Waals surface area contributed by atoms with Gasteiger partial charge in [0.1, 0.15) is 5.69 Å². The molecule has 0 unspecified atom stereocenters. The Morgan fingerprint density at radius 2 is 2.00 bits per heavy atom. The molecule has 0 aromatic heterocycles. The SMILES string of the molecule is [C-]#[N+]N(CCC)c1ccccc1. The fourth-order valence-corrected chi connectivity index (χ4v) is 1.05. The first-order valence-electron chi connectivity index (χ1n) is 4.08.